The third kappa shape index (κ3) is 2.74. The van der Waals surface area contributed by atoms with Crippen LogP contribution < -0.4 is 10.5 Å². The fourth-order valence-electron chi connectivity index (χ4n) is 1.88. The lowest BCUT2D eigenvalue weighted by molar-refractivity contribution is 0.185. The van der Waals surface area contributed by atoms with Gasteiger partial charge in [0.1, 0.15) is 11.6 Å². The molecule has 0 radical (unpaired) electrons. The monoisotopic (exact) mass is 325 g/mol. The highest BCUT2D eigenvalue weighted by atomic mass is 79.9. The highest BCUT2D eigenvalue weighted by Crippen LogP contribution is 2.34. The lowest BCUT2D eigenvalue weighted by Crippen LogP contribution is -1.98. The highest BCUT2D eigenvalue weighted by Gasteiger charge is 2.14. The SMILES string of the molecule is COCc1cc(OC)c(Br)cc1-c1cc(N)n(C)n1. The molecule has 2 aromatic rings. The van der Waals surface area contributed by atoms with Crippen molar-refractivity contribution in [1.82, 2.24) is 9.78 Å². The Bertz CT molecular complexity index is 576. The average molecular weight is 326 g/mol. The van der Waals surface area contributed by atoms with Crippen molar-refractivity contribution < 1.29 is 9.47 Å². The van der Waals surface area contributed by atoms with Crippen LogP contribution in [-0.2, 0) is 18.4 Å². The van der Waals surface area contributed by atoms with Crippen LogP contribution >= 0.6 is 15.9 Å². The molecule has 0 saturated heterocycles. The van der Waals surface area contributed by atoms with Crippen molar-refractivity contribution in [3.8, 4) is 17.0 Å². The Morgan fingerprint density at radius 2 is 2.05 bits per heavy atom. The molecule has 0 unspecified atom stereocenters. The Morgan fingerprint density at radius 3 is 2.58 bits per heavy atom. The van der Waals surface area contributed by atoms with Crippen LogP contribution in [0.5, 0.6) is 5.75 Å². The van der Waals surface area contributed by atoms with Gasteiger partial charge in [-0.2, -0.15) is 5.10 Å². The van der Waals surface area contributed by atoms with Crippen molar-refractivity contribution in [3.63, 3.8) is 0 Å². The van der Waals surface area contributed by atoms with Crippen molar-refractivity contribution in [3.05, 3.63) is 28.2 Å². The van der Waals surface area contributed by atoms with E-state index in [1.807, 2.05) is 25.2 Å². The fourth-order valence-corrected chi connectivity index (χ4v) is 2.38. The molecule has 1 aromatic heterocycles. The number of aryl methyl sites for hydroxylation is 1. The summed E-state index contributed by atoms with van der Waals surface area (Å²) in [6.07, 6.45) is 0. The zero-order chi connectivity index (χ0) is 14.0. The first-order chi connectivity index (χ1) is 9.06. The molecule has 19 heavy (non-hydrogen) atoms. The summed E-state index contributed by atoms with van der Waals surface area (Å²) in [7, 11) is 5.10. The van der Waals surface area contributed by atoms with Crippen LogP contribution in [-0.4, -0.2) is 24.0 Å². The average Bonchev–Trinajstić information content (AvgIpc) is 2.71. The number of ether oxygens (including phenoxy) is 2. The van der Waals surface area contributed by atoms with E-state index in [0.717, 1.165) is 27.0 Å². The van der Waals surface area contributed by atoms with Crippen molar-refractivity contribution >= 4 is 21.7 Å². The number of hydrogen-bond acceptors (Lipinski definition) is 4. The Morgan fingerprint density at radius 1 is 1.32 bits per heavy atom. The van der Waals surface area contributed by atoms with Gasteiger partial charge in [0.25, 0.3) is 0 Å². The second kappa shape index (κ2) is 5.63. The summed E-state index contributed by atoms with van der Waals surface area (Å²) in [5.41, 5.74) is 8.62. The van der Waals surface area contributed by atoms with Gasteiger partial charge in [-0.3, -0.25) is 4.68 Å². The first kappa shape index (κ1) is 13.9. The first-order valence-corrected chi connectivity index (χ1v) is 6.51. The molecule has 1 heterocycles. The normalized spacial score (nSPS) is 10.7. The molecule has 2 rings (SSSR count). The molecule has 0 atom stereocenters. The molecule has 1 aromatic carbocycles. The lowest BCUT2D eigenvalue weighted by atomic mass is 10.0. The van der Waals surface area contributed by atoms with Crippen molar-refractivity contribution in [1.29, 1.82) is 0 Å². The molecule has 0 aliphatic rings. The number of nitrogens with two attached hydrogens (primary N) is 1. The predicted molar refractivity (Wildman–Crippen MR) is 78.0 cm³/mol. The molecule has 6 heteroatoms. The van der Waals surface area contributed by atoms with Crippen LogP contribution in [0.2, 0.25) is 0 Å². The number of benzene rings is 1. The van der Waals surface area contributed by atoms with Crippen molar-refractivity contribution in [2.45, 2.75) is 6.61 Å². The zero-order valence-electron chi connectivity index (χ0n) is 11.1. The molecule has 2 N–H and O–H groups in total. The van der Waals surface area contributed by atoms with Crippen molar-refractivity contribution in [2.24, 2.45) is 7.05 Å². The molecule has 0 spiro atoms. The maximum absolute atomic E-state index is 5.83. The van der Waals surface area contributed by atoms with Crippen LogP contribution in [0.15, 0.2) is 22.7 Å². The van der Waals surface area contributed by atoms with Crippen LogP contribution in [0, 0.1) is 0 Å². The van der Waals surface area contributed by atoms with E-state index in [4.69, 9.17) is 15.2 Å². The van der Waals surface area contributed by atoms with E-state index >= 15 is 0 Å². The number of aromatic nitrogens is 2. The number of nitrogens with zero attached hydrogens (tertiary/aromatic N) is 2. The highest BCUT2D eigenvalue weighted by molar-refractivity contribution is 9.10. The van der Waals surface area contributed by atoms with Gasteiger partial charge in [-0.15, -0.1) is 0 Å². The molecule has 0 saturated carbocycles. The molecule has 102 valence electrons. The second-order valence-corrected chi connectivity index (χ2v) is 5.01. The van der Waals surface area contributed by atoms with Gasteiger partial charge >= 0.3 is 0 Å². The van der Waals surface area contributed by atoms with Crippen LogP contribution in [0.3, 0.4) is 0 Å². The largest absolute Gasteiger partial charge is 0.496 e. The number of anilines is 1. The van der Waals surface area contributed by atoms with E-state index in [-0.39, 0.29) is 0 Å². The van der Waals surface area contributed by atoms with Gasteiger partial charge in [0.15, 0.2) is 0 Å². The lowest BCUT2D eigenvalue weighted by Gasteiger charge is -2.11. The van der Waals surface area contributed by atoms with E-state index in [1.54, 1.807) is 18.9 Å². The number of halogens is 1. The van der Waals surface area contributed by atoms with E-state index in [9.17, 15) is 0 Å². The summed E-state index contributed by atoms with van der Waals surface area (Å²) in [6.45, 7) is 0.482. The van der Waals surface area contributed by atoms with Crippen LogP contribution in [0.4, 0.5) is 5.82 Å². The molecular weight excluding hydrogens is 310 g/mol. The molecule has 0 amide bonds. The Hall–Kier alpha value is -1.53. The fraction of sp³-hybridized carbons (Fsp3) is 0.308. The Labute approximate surface area is 120 Å². The second-order valence-electron chi connectivity index (χ2n) is 4.15. The predicted octanol–water partition coefficient (Wildman–Crippen LogP) is 2.59. The maximum atomic E-state index is 5.83. The van der Waals surface area contributed by atoms with Crippen LogP contribution in [0.25, 0.3) is 11.3 Å². The van der Waals surface area contributed by atoms with Gasteiger partial charge in [-0.25, -0.2) is 0 Å². The van der Waals surface area contributed by atoms with Gasteiger partial charge in [-0.05, 0) is 33.6 Å². The molecule has 0 aliphatic heterocycles. The Kier molecular flexibility index (Phi) is 4.11. The van der Waals surface area contributed by atoms with E-state index < -0.39 is 0 Å². The van der Waals surface area contributed by atoms with Gasteiger partial charge in [0.2, 0.25) is 0 Å². The summed E-state index contributed by atoms with van der Waals surface area (Å²) in [6, 6.07) is 5.75. The van der Waals surface area contributed by atoms with E-state index in [0.29, 0.717) is 12.4 Å². The number of nitrogen functional groups attached to an aromatic ring is 1. The summed E-state index contributed by atoms with van der Waals surface area (Å²) < 4.78 is 13.0. The minimum Gasteiger partial charge on any atom is -0.496 e. The zero-order valence-corrected chi connectivity index (χ0v) is 12.7. The summed E-state index contributed by atoms with van der Waals surface area (Å²) >= 11 is 3.48. The third-order valence-corrected chi connectivity index (χ3v) is 3.49. The molecule has 0 aliphatic carbocycles. The minimum atomic E-state index is 0.482. The molecule has 0 fully saturated rings. The van der Waals surface area contributed by atoms with Gasteiger partial charge in [-0.1, -0.05) is 0 Å². The van der Waals surface area contributed by atoms with Crippen molar-refractivity contribution in [2.75, 3.05) is 20.0 Å². The summed E-state index contributed by atoms with van der Waals surface area (Å²) in [4.78, 5) is 0. The minimum absolute atomic E-state index is 0.482. The quantitative estimate of drug-likeness (QED) is 0.938. The topological polar surface area (TPSA) is 62.3 Å². The van der Waals surface area contributed by atoms with E-state index in [1.165, 1.54) is 0 Å². The van der Waals surface area contributed by atoms with Gasteiger partial charge in [0.05, 0.1) is 23.9 Å². The molecular formula is C13H16BrN3O2. The molecule has 5 nitrogen and oxygen atoms in total. The maximum Gasteiger partial charge on any atom is 0.133 e. The number of methoxy groups -OCH3 is 2. The Balaban J connectivity index is 2.57. The third-order valence-electron chi connectivity index (χ3n) is 2.87. The first-order valence-electron chi connectivity index (χ1n) is 5.72. The molecule has 0 bridgehead atoms. The number of hydrogen-bond donors (Lipinski definition) is 1. The van der Waals surface area contributed by atoms with Gasteiger partial charge in [0, 0.05) is 25.8 Å². The smallest absolute Gasteiger partial charge is 0.133 e. The summed E-state index contributed by atoms with van der Waals surface area (Å²) in [5, 5.41) is 4.39. The summed E-state index contributed by atoms with van der Waals surface area (Å²) in [5.74, 6) is 1.38. The van der Waals surface area contributed by atoms with Gasteiger partial charge < -0.3 is 15.2 Å². The number of rotatable bonds is 4. The van der Waals surface area contributed by atoms with E-state index in [2.05, 4.69) is 21.0 Å². The van der Waals surface area contributed by atoms with Crippen LogP contribution in [0.1, 0.15) is 5.56 Å². The standard InChI is InChI=1S/C13H16BrN3O2/c1-17-13(15)6-11(16-17)9-5-10(14)12(19-3)4-8(9)7-18-2/h4-6H,7,15H2,1-3H3.